The Balaban J connectivity index is 0.000000829. The molecule has 0 saturated heterocycles. The van der Waals surface area contributed by atoms with Gasteiger partial charge in [-0.1, -0.05) is 443 Å². The highest BCUT2D eigenvalue weighted by molar-refractivity contribution is 5.81. The largest absolute Gasteiger partial charge is 0.372 e. The van der Waals surface area contributed by atoms with Crippen molar-refractivity contribution in [3.05, 3.63) is 370 Å². The maximum Gasteiger partial charge on any atom is 0.0389 e. The van der Waals surface area contributed by atoms with Crippen molar-refractivity contribution >= 4 is 34.1 Å². The van der Waals surface area contributed by atoms with E-state index in [1.807, 2.05) is 138 Å². The van der Waals surface area contributed by atoms with Gasteiger partial charge in [-0.15, -0.1) is 0 Å². The van der Waals surface area contributed by atoms with Crippen molar-refractivity contribution in [2.75, 3.05) is 108 Å². The molecule has 6 heteroatoms. The third kappa shape index (κ3) is 42.6. The van der Waals surface area contributed by atoms with Crippen molar-refractivity contribution in [1.29, 1.82) is 0 Å². The second-order valence-corrected chi connectivity index (χ2v) is 38.3. The Hall–Kier alpha value is -11.3. The fraction of sp³-hybridized carbons (Fsp3) is 0.451. The van der Waals surface area contributed by atoms with Crippen molar-refractivity contribution in [2.45, 2.75) is 335 Å². The molecule has 13 aromatic carbocycles. The number of rotatable bonds is 21. The molecule has 5 aliphatic rings. The zero-order chi connectivity index (χ0) is 111. The lowest BCUT2D eigenvalue weighted by molar-refractivity contribution is 0.411. The highest BCUT2D eigenvalue weighted by Gasteiger charge is 2.24. The molecule has 0 amide bonds. The van der Waals surface area contributed by atoms with Crippen LogP contribution in [0.2, 0.25) is 0 Å². The average Bonchev–Trinajstić information content (AvgIpc) is 1.65. The van der Waals surface area contributed by atoms with E-state index < -0.39 is 0 Å². The summed E-state index contributed by atoms with van der Waals surface area (Å²) in [6, 6.07) is 108. The van der Waals surface area contributed by atoms with Crippen LogP contribution in [0.5, 0.6) is 0 Å². The van der Waals surface area contributed by atoms with E-state index in [9.17, 15) is 0 Å². The van der Waals surface area contributed by atoms with Crippen LogP contribution in [-0.4, -0.2) is 78.5 Å². The summed E-state index contributed by atoms with van der Waals surface area (Å²) in [7, 11) is 0. The normalized spacial score (nSPS) is 10.7. The van der Waals surface area contributed by atoms with Gasteiger partial charge in [0.15, 0.2) is 0 Å². The van der Waals surface area contributed by atoms with Crippen LogP contribution in [0, 0.1) is 16.2 Å². The van der Waals surface area contributed by atoms with Gasteiger partial charge >= 0.3 is 0 Å². The molecule has 148 heavy (non-hydrogen) atoms. The molecule has 0 unspecified atom stereocenters. The topological polar surface area (TPSA) is 19.4 Å². The van der Waals surface area contributed by atoms with E-state index in [4.69, 9.17) is 0 Å². The zero-order valence-corrected chi connectivity index (χ0v) is 102. The van der Waals surface area contributed by atoms with Crippen molar-refractivity contribution in [3.8, 4) is 55.6 Å². The van der Waals surface area contributed by atoms with E-state index in [0.29, 0.717) is 16.2 Å². The lowest BCUT2D eigenvalue weighted by atomic mass is 9.87. The molecule has 0 heterocycles. The first-order valence-corrected chi connectivity index (χ1v) is 58.5. The lowest BCUT2D eigenvalue weighted by Gasteiger charge is -2.28. The van der Waals surface area contributed by atoms with Gasteiger partial charge < -0.3 is 29.4 Å². The Morgan fingerprint density at radius 1 is 0.149 bits per heavy atom. The second kappa shape index (κ2) is 75.4. The third-order valence-electron chi connectivity index (χ3n) is 25.4. The predicted octanol–water partition coefficient (Wildman–Crippen LogP) is 41.5. The smallest absolute Gasteiger partial charge is 0.0389 e. The molecule has 0 spiro atoms. The van der Waals surface area contributed by atoms with Crippen LogP contribution in [0.25, 0.3) is 55.6 Å². The second-order valence-electron chi connectivity index (χ2n) is 38.3. The van der Waals surface area contributed by atoms with E-state index in [2.05, 4.69) is 472 Å². The van der Waals surface area contributed by atoms with E-state index in [1.54, 1.807) is 0 Å². The van der Waals surface area contributed by atoms with Gasteiger partial charge in [0.1, 0.15) is 0 Å². The molecule has 0 atom stereocenters. The van der Waals surface area contributed by atoms with Crippen molar-refractivity contribution in [2.24, 2.45) is 16.2 Å². The van der Waals surface area contributed by atoms with Gasteiger partial charge in [-0.25, -0.2) is 0 Å². The SMILES string of the molecule is CC.CC.CC.CC.CC.CC.CC.CC.CC.CC.CCN(CC)c1cc(CC(C)(C)C)cc(N(CC)CC)c1.CCN(CC)c1cc(CC(C)(C)C)cc(N(CC)CC)c1.CCN(CC)c1cc(CC(C)(C)C)cc(N(CC)CC)c1.c1ccc2c(c1)Cc1ccccc1-2.c1ccc2c(c1)Cc1ccccc1-2.c1ccc2c(c1)Cc1ccccc1-2.c1ccc2c(c1)Cc1ccccc1-2.c1ccc2c(c1)Cc1ccccc1-2. The Labute approximate surface area is 912 Å². The van der Waals surface area contributed by atoms with Crippen molar-refractivity contribution < 1.29 is 0 Å². The lowest BCUT2D eigenvalue weighted by Crippen LogP contribution is -2.25. The number of hydrogen-bond acceptors (Lipinski definition) is 6. The number of anilines is 6. The first-order chi connectivity index (χ1) is 71.8. The fourth-order valence-corrected chi connectivity index (χ4v) is 19.1. The van der Waals surface area contributed by atoms with E-state index >= 15 is 0 Å². The van der Waals surface area contributed by atoms with E-state index in [1.165, 1.54) is 162 Å². The van der Waals surface area contributed by atoms with Gasteiger partial charge in [0.25, 0.3) is 0 Å². The molecule has 0 fully saturated rings. The van der Waals surface area contributed by atoms with Gasteiger partial charge in [-0.3, -0.25) is 0 Å². The molecule has 0 aliphatic heterocycles. The summed E-state index contributed by atoms with van der Waals surface area (Å²) in [5, 5.41) is 0. The number of hydrogen-bond donors (Lipinski definition) is 0. The Morgan fingerprint density at radius 3 is 0.331 bits per heavy atom. The van der Waals surface area contributed by atoms with Crippen LogP contribution >= 0.6 is 0 Å². The average molecular weight is 2000 g/mol. The number of benzene rings is 13. The summed E-state index contributed by atoms with van der Waals surface area (Å²) in [6.45, 7) is 100. The minimum absolute atomic E-state index is 0.322. The van der Waals surface area contributed by atoms with Gasteiger partial charge in [-0.2, -0.15) is 0 Å². The van der Waals surface area contributed by atoms with Crippen LogP contribution in [0.3, 0.4) is 0 Å². The molecule has 0 N–H and O–H groups in total. The summed E-state index contributed by atoms with van der Waals surface area (Å²) < 4.78 is 0. The van der Waals surface area contributed by atoms with Crippen LogP contribution < -0.4 is 29.4 Å². The maximum atomic E-state index is 2.44. The molecule has 810 valence electrons. The quantitative estimate of drug-likeness (QED) is 0.0709. The van der Waals surface area contributed by atoms with Crippen molar-refractivity contribution in [1.82, 2.24) is 0 Å². The fourth-order valence-electron chi connectivity index (χ4n) is 19.1. The van der Waals surface area contributed by atoms with Gasteiger partial charge in [0, 0.05) is 113 Å². The predicted molar refractivity (Wildman–Crippen MR) is 677 cm³/mol. The standard InChI is InChI=1S/3C19H34N2.5C13H10.10C2H6/c3*1-8-20(9-2)17-12-16(15-19(5,6)7)13-18(14-17)21(10-3)11-4;5*1-3-7-12-10(5-1)9-11-6-2-4-8-13(11)12;10*1-2/h3*12-14H,8-11,15H2,1-7H3;5*1-8H,9H2;10*1-2H3. The summed E-state index contributed by atoms with van der Waals surface area (Å²) >= 11 is 0. The zero-order valence-electron chi connectivity index (χ0n) is 102. The summed E-state index contributed by atoms with van der Waals surface area (Å²) in [4.78, 5) is 14.7. The Morgan fingerprint density at radius 2 is 0.243 bits per heavy atom. The van der Waals surface area contributed by atoms with E-state index in [0.717, 1.165) is 130 Å². The van der Waals surface area contributed by atoms with Gasteiger partial charge in [0.05, 0.1) is 0 Å². The van der Waals surface area contributed by atoms with Crippen LogP contribution in [0.1, 0.15) is 356 Å². The Bertz CT molecular complexity index is 4620. The van der Waals surface area contributed by atoms with Crippen LogP contribution in [0.4, 0.5) is 34.1 Å². The summed E-state index contributed by atoms with van der Waals surface area (Å²) in [5.41, 5.74) is 42.3. The highest BCUT2D eigenvalue weighted by Crippen LogP contribution is 2.42. The van der Waals surface area contributed by atoms with E-state index in [-0.39, 0.29) is 0 Å². The minimum Gasteiger partial charge on any atom is -0.372 e. The first kappa shape index (κ1) is 135. The number of nitrogens with zero attached hydrogens (tertiary/aromatic N) is 6. The molecule has 18 rings (SSSR count). The maximum absolute atomic E-state index is 2.44. The molecule has 13 aromatic rings. The monoisotopic (exact) mass is 2000 g/mol. The molecule has 0 saturated carbocycles. The first-order valence-electron chi connectivity index (χ1n) is 58.5. The van der Waals surface area contributed by atoms with Crippen LogP contribution in [-0.2, 0) is 51.4 Å². The minimum atomic E-state index is 0.322. The highest BCUT2D eigenvalue weighted by atomic mass is 15.2. The third-order valence-corrected chi connectivity index (χ3v) is 25.4. The molecule has 0 aromatic heterocycles. The molecule has 6 nitrogen and oxygen atoms in total. The van der Waals surface area contributed by atoms with Gasteiger partial charge in [-0.05, 0) is 333 Å². The molecular weight excluding hydrogens is 1790 g/mol. The molecule has 0 bridgehead atoms. The molecular formula is C142H212N6. The van der Waals surface area contributed by atoms with Crippen molar-refractivity contribution in [3.63, 3.8) is 0 Å². The summed E-state index contributed by atoms with van der Waals surface area (Å²) in [6.07, 6.45) is 8.88. The molecule has 0 radical (unpaired) electrons. The van der Waals surface area contributed by atoms with Crippen LogP contribution in [0.15, 0.2) is 297 Å². The van der Waals surface area contributed by atoms with Gasteiger partial charge in [0.2, 0.25) is 0 Å². The summed E-state index contributed by atoms with van der Waals surface area (Å²) in [5.74, 6) is 0. The Kier molecular flexibility index (Phi) is 68.6. The molecule has 5 aliphatic carbocycles. The number of fused-ring (bicyclic) bond motifs is 15.